The minimum Gasteiger partial charge on any atom is -0.506 e. The van der Waals surface area contributed by atoms with Crippen LogP contribution in [-0.4, -0.2) is 19.1 Å². The van der Waals surface area contributed by atoms with Crippen LogP contribution in [0.2, 0.25) is 0 Å². The molecule has 0 atom stereocenters. The Morgan fingerprint density at radius 2 is 2.00 bits per heavy atom. The number of rotatable bonds is 5. The fourth-order valence-electron chi connectivity index (χ4n) is 1.80. The predicted octanol–water partition coefficient (Wildman–Crippen LogP) is 1.83. The van der Waals surface area contributed by atoms with Crippen molar-refractivity contribution >= 4 is 15.7 Å². The lowest BCUT2D eigenvalue weighted by molar-refractivity contribution is 0.417. The zero-order chi connectivity index (χ0) is 14.0. The zero-order valence-electron chi connectivity index (χ0n) is 10.9. The molecule has 0 fully saturated rings. The van der Waals surface area contributed by atoms with Gasteiger partial charge in [0.25, 0.3) is 0 Å². The van der Waals surface area contributed by atoms with Gasteiger partial charge in [0.2, 0.25) is 10.0 Å². The summed E-state index contributed by atoms with van der Waals surface area (Å²) < 4.78 is 26.9. The normalized spacial score (nSPS) is 12.6. The summed E-state index contributed by atoms with van der Waals surface area (Å²) in [6.07, 6.45) is 1.62. The van der Waals surface area contributed by atoms with Crippen LogP contribution in [0.4, 0.5) is 5.69 Å². The Bertz CT molecular complexity index is 524. The molecule has 0 saturated carbocycles. The predicted molar refractivity (Wildman–Crippen MR) is 71.8 cm³/mol. The van der Waals surface area contributed by atoms with Gasteiger partial charge in [-0.3, -0.25) is 0 Å². The number of hydrogen-bond donors (Lipinski definition) is 3. The maximum atomic E-state index is 12.1. The number of phenolic OH excluding ortho intramolecular Hbond substituents is 1. The second-order valence-corrected chi connectivity index (χ2v) is 6.64. The van der Waals surface area contributed by atoms with Gasteiger partial charge in [0.05, 0.1) is 10.6 Å². The Hall–Kier alpha value is -1.27. The molecule has 1 rings (SSSR count). The number of phenols is 1. The topological polar surface area (TPSA) is 92.4 Å². The van der Waals surface area contributed by atoms with E-state index in [9.17, 15) is 13.5 Å². The zero-order valence-corrected chi connectivity index (χ0v) is 11.7. The van der Waals surface area contributed by atoms with Crippen molar-refractivity contribution < 1.29 is 13.5 Å². The molecule has 0 unspecified atom stereocenters. The molecule has 0 radical (unpaired) electrons. The minimum absolute atomic E-state index is 0.0474. The van der Waals surface area contributed by atoms with Crippen molar-refractivity contribution in [1.82, 2.24) is 4.72 Å². The Labute approximate surface area is 108 Å². The van der Waals surface area contributed by atoms with Crippen LogP contribution in [0.1, 0.15) is 33.6 Å². The van der Waals surface area contributed by atoms with Crippen LogP contribution in [0.15, 0.2) is 23.1 Å². The third kappa shape index (κ3) is 3.61. The monoisotopic (exact) mass is 272 g/mol. The number of anilines is 1. The Morgan fingerprint density at radius 3 is 2.50 bits per heavy atom. The molecule has 0 spiro atoms. The second-order valence-electron chi connectivity index (χ2n) is 4.96. The third-order valence-electron chi connectivity index (χ3n) is 2.59. The van der Waals surface area contributed by atoms with E-state index in [0.717, 1.165) is 12.8 Å². The van der Waals surface area contributed by atoms with Crippen molar-refractivity contribution in [2.24, 2.45) is 0 Å². The van der Waals surface area contributed by atoms with Crippen molar-refractivity contribution in [2.75, 3.05) is 5.73 Å². The van der Waals surface area contributed by atoms with E-state index in [-0.39, 0.29) is 16.3 Å². The number of nitrogen functional groups attached to an aromatic ring is 1. The summed E-state index contributed by atoms with van der Waals surface area (Å²) >= 11 is 0. The smallest absolute Gasteiger partial charge is 0.241 e. The highest BCUT2D eigenvalue weighted by molar-refractivity contribution is 7.89. The maximum absolute atomic E-state index is 12.1. The van der Waals surface area contributed by atoms with E-state index in [2.05, 4.69) is 4.72 Å². The molecule has 0 bridgehead atoms. The van der Waals surface area contributed by atoms with E-state index in [1.165, 1.54) is 18.2 Å². The summed E-state index contributed by atoms with van der Waals surface area (Å²) in [7, 11) is -3.62. The van der Waals surface area contributed by atoms with Gasteiger partial charge in [-0.05, 0) is 38.5 Å². The molecule has 1 aromatic rings. The summed E-state index contributed by atoms with van der Waals surface area (Å²) in [6, 6.07) is 3.85. The van der Waals surface area contributed by atoms with Crippen LogP contribution >= 0.6 is 0 Å². The molecule has 0 aliphatic heterocycles. The van der Waals surface area contributed by atoms with Crippen LogP contribution in [0, 0.1) is 0 Å². The molecular weight excluding hydrogens is 252 g/mol. The molecule has 0 aliphatic rings. The summed E-state index contributed by atoms with van der Waals surface area (Å²) in [5.41, 5.74) is 5.03. The number of aromatic hydroxyl groups is 1. The Morgan fingerprint density at radius 1 is 1.39 bits per heavy atom. The SMILES string of the molecule is CCCC(C)(C)NS(=O)(=O)c1ccc(O)c(N)c1. The van der Waals surface area contributed by atoms with Gasteiger partial charge in [0, 0.05) is 5.54 Å². The van der Waals surface area contributed by atoms with Crippen LogP contribution < -0.4 is 10.5 Å². The molecule has 4 N–H and O–H groups in total. The number of benzene rings is 1. The first-order chi connectivity index (χ1) is 8.18. The van der Waals surface area contributed by atoms with E-state index in [1.54, 1.807) is 0 Å². The molecule has 5 nitrogen and oxygen atoms in total. The average molecular weight is 272 g/mol. The lowest BCUT2D eigenvalue weighted by atomic mass is 10.0. The largest absolute Gasteiger partial charge is 0.506 e. The molecule has 0 aromatic heterocycles. The number of hydrogen-bond acceptors (Lipinski definition) is 4. The van der Waals surface area contributed by atoms with Gasteiger partial charge in [-0.15, -0.1) is 0 Å². The molecule has 0 saturated heterocycles. The van der Waals surface area contributed by atoms with Crippen molar-refractivity contribution in [3.05, 3.63) is 18.2 Å². The van der Waals surface area contributed by atoms with Crippen LogP contribution in [-0.2, 0) is 10.0 Å². The van der Waals surface area contributed by atoms with Crippen molar-refractivity contribution in [1.29, 1.82) is 0 Å². The molecule has 102 valence electrons. The fourth-order valence-corrected chi connectivity index (χ4v) is 3.28. The van der Waals surface area contributed by atoms with Gasteiger partial charge >= 0.3 is 0 Å². The first-order valence-corrected chi connectivity index (χ1v) is 7.29. The van der Waals surface area contributed by atoms with E-state index in [0.29, 0.717) is 0 Å². The Balaban J connectivity index is 3.03. The molecule has 6 heteroatoms. The van der Waals surface area contributed by atoms with Crippen molar-refractivity contribution in [2.45, 2.75) is 44.0 Å². The van der Waals surface area contributed by atoms with E-state index >= 15 is 0 Å². The molecule has 0 amide bonds. The average Bonchev–Trinajstić information content (AvgIpc) is 2.20. The van der Waals surface area contributed by atoms with Crippen LogP contribution in [0.25, 0.3) is 0 Å². The highest BCUT2D eigenvalue weighted by Gasteiger charge is 2.25. The number of nitrogens with two attached hydrogens (primary N) is 1. The molecule has 0 aliphatic carbocycles. The Kier molecular flexibility index (Phi) is 4.24. The van der Waals surface area contributed by atoms with Gasteiger partial charge in [-0.25, -0.2) is 13.1 Å². The lowest BCUT2D eigenvalue weighted by Gasteiger charge is -2.25. The van der Waals surface area contributed by atoms with Crippen LogP contribution in [0.5, 0.6) is 5.75 Å². The maximum Gasteiger partial charge on any atom is 0.241 e. The highest BCUT2D eigenvalue weighted by Crippen LogP contribution is 2.24. The van der Waals surface area contributed by atoms with Gasteiger partial charge in [0.1, 0.15) is 5.75 Å². The highest BCUT2D eigenvalue weighted by atomic mass is 32.2. The van der Waals surface area contributed by atoms with E-state index < -0.39 is 15.6 Å². The number of nitrogens with one attached hydrogen (secondary N) is 1. The summed E-state index contributed by atoms with van der Waals surface area (Å²) in [4.78, 5) is 0.0574. The molecule has 18 heavy (non-hydrogen) atoms. The first-order valence-electron chi connectivity index (χ1n) is 5.80. The van der Waals surface area contributed by atoms with Gasteiger partial charge in [-0.2, -0.15) is 0 Å². The van der Waals surface area contributed by atoms with Gasteiger partial charge in [0.15, 0.2) is 0 Å². The standard InChI is InChI=1S/C12H20N2O3S/c1-4-7-12(2,3)14-18(16,17)9-5-6-11(15)10(13)8-9/h5-6,8,14-15H,4,7,13H2,1-3H3. The minimum atomic E-state index is -3.62. The fraction of sp³-hybridized carbons (Fsp3) is 0.500. The quantitative estimate of drug-likeness (QED) is 0.563. The summed E-state index contributed by atoms with van der Waals surface area (Å²) in [6.45, 7) is 5.66. The van der Waals surface area contributed by atoms with Gasteiger partial charge < -0.3 is 10.8 Å². The molecule has 0 heterocycles. The summed E-state index contributed by atoms with van der Waals surface area (Å²) in [5.74, 6) is -0.123. The van der Waals surface area contributed by atoms with Crippen molar-refractivity contribution in [3.63, 3.8) is 0 Å². The van der Waals surface area contributed by atoms with Crippen molar-refractivity contribution in [3.8, 4) is 5.75 Å². The second kappa shape index (κ2) is 5.16. The molecule has 1 aromatic carbocycles. The lowest BCUT2D eigenvalue weighted by Crippen LogP contribution is -2.43. The third-order valence-corrected chi connectivity index (χ3v) is 4.29. The number of sulfonamides is 1. The van der Waals surface area contributed by atoms with E-state index in [1.807, 2.05) is 20.8 Å². The van der Waals surface area contributed by atoms with Gasteiger partial charge in [-0.1, -0.05) is 13.3 Å². The van der Waals surface area contributed by atoms with Crippen LogP contribution in [0.3, 0.4) is 0 Å². The first kappa shape index (κ1) is 14.8. The summed E-state index contributed by atoms with van der Waals surface area (Å²) in [5, 5.41) is 9.29. The molecular formula is C12H20N2O3S. The van der Waals surface area contributed by atoms with E-state index in [4.69, 9.17) is 5.73 Å².